The van der Waals surface area contributed by atoms with Gasteiger partial charge in [0.25, 0.3) is 5.91 Å². The highest BCUT2D eigenvalue weighted by molar-refractivity contribution is 6.30. The molecule has 22 heavy (non-hydrogen) atoms. The van der Waals surface area contributed by atoms with Crippen LogP contribution in [0.2, 0.25) is 5.02 Å². The van der Waals surface area contributed by atoms with Gasteiger partial charge in [-0.15, -0.1) is 0 Å². The molecule has 0 fully saturated rings. The van der Waals surface area contributed by atoms with Crippen molar-refractivity contribution in [2.45, 2.75) is 46.1 Å². The summed E-state index contributed by atoms with van der Waals surface area (Å²) >= 11 is 5.82. The number of amides is 2. The molecule has 0 bridgehead atoms. The van der Waals surface area contributed by atoms with Gasteiger partial charge in [0.15, 0.2) is 0 Å². The summed E-state index contributed by atoms with van der Waals surface area (Å²) in [4.78, 5) is 24.5. The predicted octanol–water partition coefficient (Wildman–Crippen LogP) is 3.40. The summed E-state index contributed by atoms with van der Waals surface area (Å²) in [5.41, 5.74) is 0.500. The highest BCUT2D eigenvalue weighted by atomic mass is 35.5. The maximum Gasteiger partial charge on any atom is 0.251 e. The number of nitrogens with one attached hydrogen (secondary N) is 2. The van der Waals surface area contributed by atoms with E-state index in [4.69, 9.17) is 11.6 Å². The zero-order valence-electron chi connectivity index (χ0n) is 13.5. The normalized spacial score (nSPS) is 12.0. The molecular weight excluding hydrogens is 300 g/mol. The van der Waals surface area contributed by atoms with Crippen LogP contribution in [0, 0.1) is 5.92 Å². The first-order chi connectivity index (χ1) is 10.4. The van der Waals surface area contributed by atoms with E-state index in [0.29, 0.717) is 29.5 Å². The van der Waals surface area contributed by atoms with Crippen LogP contribution in [0.5, 0.6) is 0 Å². The second kappa shape index (κ2) is 9.46. The molecule has 122 valence electrons. The third-order valence-corrected chi connectivity index (χ3v) is 3.52. The quantitative estimate of drug-likeness (QED) is 0.720. The lowest BCUT2D eigenvalue weighted by Gasteiger charge is -2.20. The van der Waals surface area contributed by atoms with Gasteiger partial charge in [-0.25, -0.2) is 0 Å². The SMILES string of the molecule is CCCCNC(=O)C(CC(C)C)NC(=O)c1ccc(Cl)cc1. The number of halogens is 1. The van der Waals surface area contributed by atoms with Crippen LogP contribution in [0.15, 0.2) is 24.3 Å². The van der Waals surface area contributed by atoms with Gasteiger partial charge in [0, 0.05) is 17.1 Å². The number of benzene rings is 1. The van der Waals surface area contributed by atoms with E-state index in [9.17, 15) is 9.59 Å². The van der Waals surface area contributed by atoms with Crippen LogP contribution in [0.25, 0.3) is 0 Å². The van der Waals surface area contributed by atoms with E-state index < -0.39 is 6.04 Å². The van der Waals surface area contributed by atoms with Crippen molar-refractivity contribution in [1.29, 1.82) is 0 Å². The van der Waals surface area contributed by atoms with Crippen molar-refractivity contribution < 1.29 is 9.59 Å². The molecule has 0 heterocycles. The largest absolute Gasteiger partial charge is 0.354 e. The van der Waals surface area contributed by atoms with E-state index in [1.165, 1.54) is 0 Å². The Kier molecular flexibility index (Phi) is 7.96. The minimum absolute atomic E-state index is 0.121. The van der Waals surface area contributed by atoms with Crippen molar-refractivity contribution in [3.63, 3.8) is 0 Å². The Balaban J connectivity index is 2.69. The highest BCUT2D eigenvalue weighted by Crippen LogP contribution is 2.11. The van der Waals surface area contributed by atoms with E-state index in [0.717, 1.165) is 12.8 Å². The molecule has 0 aliphatic heterocycles. The molecule has 0 radical (unpaired) electrons. The number of hydrogen-bond acceptors (Lipinski definition) is 2. The molecule has 1 unspecified atom stereocenters. The zero-order valence-corrected chi connectivity index (χ0v) is 14.2. The number of rotatable bonds is 8. The lowest BCUT2D eigenvalue weighted by atomic mass is 10.0. The molecule has 1 rings (SSSR count). The summed E-state index contributed by atoms with van der Waals surface area (Å²) in [5.74, 6) is -0.0649. The number of carbonyl (C=O) groups excluding carboxylic acids is 2. The fourth-order valence-corrected chi connectivity index (χ4v) is 2.18. The van der Waals surface area contributed by atoms with E-state index in [1.807, 2.05) is 13.8 Å². The summed E-state index contributed by atoms with van der Waals surface area (Å²) < 4.78 is 0. The van der Waals surface area contributed by atoms with E-state index in [-0.39, 0.29) is 11.8 Å². The highest BCUT2D eigenvalue weighted by Gasteiger charge is 2.22. The van der Waals surface area contributed by atoms with Crippen molar-refractivity contribution in [1.82, 2.24) is 10.6 Å². The van der Waals surface area contributed by atoms with Gasteiger partial charge in [-0.1, -0.05) is 38.8 Å². The third-order valence-electron chi connectivity index (χ3n) is 3.26. The van der Waals surface area contributed by atoms with Gasteiger partial charge in [0.05, 0.1) is 0 Å². The van der Waals surface area contributed by atoms with Crippen molar-refractivity contribution in [3.8, 4) is 0 Å². The van der Waals surface area contributed by atoms with Crippen LogP contribution in [-0.4, -0.2) is 24.4 Å². The summed E-state index contributed by atoms with van der Waals surface area (Å²) in [6, 6.07) is 6.11. The van der Waals surface area contributed by atoms with Gasteiger partial charge >= 0.3 is 0 Å². The monoisotopic (exact) mass is 324 g/mol. The first-order valence-electron chi connectivity index (χ1n) is 7.78. The average molecular weight is 325 g/mol. The molecular formula is C17H25ClN2O2. The van der Waals surface area contributed by atoms with E-state index in [2.05, 4.69) is 17.6 Å². The van der Waals surface area contributed by atoms with Gasteiger partial charge in [-0.2, -0.15) is 0 Å². The fourth-order valence-electron chi connectivity index (χ4n) is 2.06. The Morgan fingerprint density at radius 1 is 1.18 bits per heavy atom. The molecule has 0 saturated heterocycles. The molecule has 1 aromatic carbocycles. The summed E-state index contributed by atoms with van der Waals surface area (Å²) in [5, 5.41) is 6.27. The Hall–Kier alpha value is -1.55. The first-order valence-corrected chi connectivity index (χ1v) is 8.16. The maximum atomic E-state index is 12.2. The molecule has 4 nitrogen and oxygen atoms in total. The molecule has 2 amide bonds. The number of carbonyl (C=O) groups is 2. The van der Waals surface area contributed by atoms with Crippen molar-refractivity contribution in [3.05, 3.63) is 34.9 Å². The Morgan fingerprint density at radius 2 is 1.82 bits per heavy atom. The molecule has 0 aliphatic carbocycles. The van der Waals surface area contributed by atoms with Gasteiger partial charge in [-0.3, -0.25) is 9.59 Å². The van der Waals surface area contributed by atoms with Crippen LogP contribution in [0.4, 0.5) is 0 Å². The van der Waals surface area contributed by atoms with E-state index >= 15 is 0 Å². The van der Waals surface area contributed by atoms with Gasteiger partial charge < -0.3 is 10.6 Å². The fraction of sp³-hybridized carbons (Fsp3) is 0.529. The maximum absolute atomic E-state index is 12.2. The van der Waals surface area contributed by atoms with Crippen LogP contribution in [0.3, 0.4) is 0 Å². The van der Waals surface area contributed by atoms with Crippen molar-refractivity contribution in [2.24, 2.45) is 5.92 Å². The van der Waals surface area contributed by atoms with Gasteiger partial charge in [0.1, 0.15) is 6.04 Å². The molecule has 5 heteroatoms. The molecule has 1 aromatic rings. The molecule has 1 atom stereocenters. The summed E-state index contributed by atoms with van der Waals surface area (Å²) in [6.07, 6.45) is 2.56. The molecule has 0 aliphatic rings. The van der Waals surface area contributed by atoms with Crippen molar-refractivity contribution in [2.75, 3.05) is 6.54 Å². The van der Waals surface area contributed by atoms with Gasteiger partial charge in [0.2, 0.25) is 5.91 Å². The van der Waals surface area contributed by atoms with Crippen LogP contribution in [0.1, 0.15) is 50.4 Å². The molecule has 0 spiro atoms. The molecule has 0 aromatic heterocycles. The Morgan fingerprint density at radius 3 is 2.36 bits per heavy atom. The number of hydrogen-bond donors (Lipinski definition) is 2. The van der Waals surface area contributed by atoms with Crippen LogP contribution in [-0.2, 0) is 4.79 Å². The second-order valence-corrected chi connectivity index (χ2v) is 6.24. The Labute approximate surface area is 137 Å². The van der Waals surface area contributed by atoms with E-state index in [1.54, 1.807) is 24.3 Å². The summed E-state index contributed by atoms with van der Waals surface area (Å²) in [6.45, 7) is 6.77. The average Bonchev–Trinajstić information content (AvgIpc) is 2.46. The number of unbranched alkanes of at least 4 members (excludes halogenated alkanes) is 1. The lowest BCUT2D eigenvalue weighted by Crippen LogP contribution is -2.47. The standard InChI is InChI=1S/C17H25ClN2O2/c1-4-5-10-19-17(22)15(11-12(2)3)20-16(21)13-6-8-14(18)9-7-13/h6-9,12,15H,4-5,10-11H2,1-3H3,(H,19,22)(H,20,21). The van der Waals surface area contributed by atoms with Crippen LogP contribution < -0.4 is 10.6 Å². The Bertz CT molecular complexity index is 486. The third kappa shape index (κ3) is 6.48. The summed E-state index contributed by atoms with van der Waals surface area (Å²) in [7, 11) is 0. The second-order valence-electron chi connectivity index (χ2n) is 5.81. The minimum Gasteiger partial charge on any atom is -0.354 e. The lowest BCUT2D eigenvalue weighted by molar-refractivity contribution is -0.123. The molecule has 2 N–H and O–H groups in total. The van der Waals surface area contributed by atoms with Crippen LogP contribution >= 0.6 is 11.6 Å². The topological polar surface area (TPSA) is 58.2 Å². The molecule has 0 saturated carbocycles. The van der Waals surface area contributed by atoms with Gasteiger partial charge in [-0.05, 0) is 43.0 Å². The zero-order chi connectivity index (χ0) is 16.5. The first kappa shape index (κ1) is 18.5. The predicted molar refractivity (Wildman–Crippen MR) is 90.1 cm³/mol. The minimum atomic E-state index is -0.514. The smallest absolute Gasteiger partial charge is 0.251 e. The van der Waals surface area contributed by atoms with Crippen molar-refractivity contribution >= 4 is 23.4 Å².